The molecule has 0 unspecified atom stereocenters. The molecule has 0 spiro atoms. The minimum atomic E-state index is -3.52. The molecule has 0 fully saturated rings. The highest BCUT2D eigenvalue weighted by atomic mass is 35.5. The number of anilines is 1. The Bertz CT molecular complexity index is 1090. The molecule has 0 aliphatic rings. The van der Waals surface area contributed by atoms with Crippen molar-refractivity contribution >= 4 is 39.1 Å². The highest BCUT2D eigenvalue weighted by molar-refractivity contribution is 7.92. The normalized spacial score (nSPS) is 12.3. The molecule has 0 bridgehead atoms. The first-order valence-electron chi connectivity index (χ1n) is 11.8. The van der Waals surface area contributed by atoms with E-state index < -0.39 is 16.1 Å². The zero-order valence-electron chi connectivity index (χ0n) is 21.1. The summed E-state index contributed by atoms with van der Waals surface area (Å²) in [5.41, 5.74) is 2.45. The van der Waals surface area contributed by atoms with Gasteiger partial charge >= 0.3 is 0 Å². The Morgan fingerprint density at radius 2 is 1.63 bits per heavy atom. The van der Waals surface area contributed by atoms with Gasteiger partial charge in [0, 0.05) is 30.6 Å². The van der Waals surface area contributed by atoms with Gasteiger partial charge in [0.15, 0.2) is 0 Å². The summed E-state index contributed by atoms with van der Waals surface area (Å²) in [5.74, 6) is -0.412. The summed E-state index contributed by atoms with van der Waals surface area (Å²) in [7, 11) is -3.52. The molecule has 9 heteroatoms. The zero-order valence-corrected chi connectivity index (χ0v) is 22.7. The van der Waals surface area contributed by atoms with Gasteiger partial charge in [0.05, 0.1) is 11.9 Å². The summed E-state index contributed by atoms with van der Waals surface area (Å²) in [6, 6.07) is 13.7. The lowest BCUT2D eigenvalue weighted by molar-refractivity contribution is -0.141. The van der Waals surface area contributed by atoms with Gasteiger partial charge in [0.2, 0.25) is 21.8 Å². The number of hydrogen-bond donors (Lipinski definition) is 1. The van der Waals surface area contributed by atoms with Crippen LogP contribution in [-0.2, 0) is 26.2 Å². The van der Waals surface area contributed by atoms with Crippen molar-refractivity contribution in [3.8, 4) is 0 Å². The van der Waals surface area contributed by atoms with Crippen molar-refractivity contribution in [2.45, 2.75) is 65.6 Å². The largest absolute Gasteiger partial charge is 0.352 e. The van der Waals surface area contributed by atoms with Crippen molar-refractivity contribution in [1.29, 1.82) is 0 Å². The Kier molecular flexibility index (Phi) is 10.6. The van der Waals surface area contributed by atoms with Crippen LogP contribution in [0.15, 0.2) is 48.5 Å². The number of rotatable bonds is 12. The van der Waals surface area contributed by atoms with E-state index in [9.17, 15) is 18.0 Å². The third kappa shape index (κ3) is 8.85. The zero-order chi connectivity index (χ0) is 26.2. The molecule has 0 heterocycles. The predicted molar refractivity (Wildman–Crippen MR) is 142 cm³/mol. The topological polar surface area (TPSA) is 86.8 Å². The maximum atomic E-state index is 13.4. The predicted octanol–water partition coefficient (Wildman–Crippen LogP) is 4.53. The fourth-order valence-corrected chi connectivity index (χ4v) is 4.89. The Morgan fingerprint density at radius 1 is 1.03 bits per heavy atom. The highest BCUT2D eigenvalue weighted by Crippen LogP contribution is 2.20. The first kappa shape index (κ1) is 28.7. The van der Waals surface area contributed by atoms with E-state index in [1.54, 1.807) is 29.2 Å². The summed E-state index contributed by atoms with van der Waals surface area (Å²) >= 11 is 6.00. The average molecular weight is 522 g/mol. The molecule has 1 N–H and O–H groups in total. The summed E-state index contributed by atoms with van der Waals surface area (Å²) in [6.07, 6.45) is 2.04. The van der Waals surface area contributed by atoms with Gasteiger partial charge in [-0.3, -0.25) is 13.9 Å². The van der Waals surface area contributed by atoms with Crippen molar-refractivity contribution in [3.05, 3.63) is 64.7 Å². The number of hydrogen-bond acceptors (Lipinski definition) is 4. The third-order valence-electron chi connectivity index (χ3n) is 5.56. The van der Waals surface area contributed by atoms with Crippen LogP contribution in [0.1, 0.15) is 51.2 Å². The van der Waals surface area contributed by atoms with Gasteiger partial charge in [-0.05, 0) is 63.4 Å². The first-order valence-corrected chi connectivity index (χ1v) is 14.0. The van der Waals surface area contributed by atoms with E-state index in [1.807, 2.05) is 52.0 Å². The van der Waals surface area contributed by atoms with Gasteiger partial charge in [-0.25, -0.2) is 8.42 Å². The van der Waals surface area contributed by atoms with Gasteiger partial charge in [0.25, 0.3) is 0 Å². The molecule has 1 atom stereocenters. The molecular weight excluding hydrogens is 486 g/mol. The summed E-state index contributed by atoms with van der Waals surface area (Å²) < 4.78 is 26.1. The van der Waals surface area contributed by atoms with Crippen LogP contribution in [0.25, 0.3) is 0 Å². The van der Waals surface area contributed by atoms with Gasteiger partial charge < -0.3 is 10.2 Å². The maximum absolute atomic E-state index is 13.4. The molecule has 2 amide bonds. The highest BCUT2D eigenvalue weighted by Gasteiger charge is 2.29. The molecule has 7 nitrogen and oxygen atoms in total. The number of nitrogens with zero attached hydrogens (tertiary/aromatic N) is 2. The Labute approximate surface area is 214 Å². The van der Waals surface area contributed by atoms with Crippen molar-refractivity contribution < 1.29 is 18.0 Å². The molecule has 35 heavy (non-hydrogen) atoms. The number of halogens is 1. The minimum absolute atomic E-state index is 0.0538. The monoisotopic (exact) mass is 521 g/mol. The lowest BCUT2D eigenvalue weighted by Crippen LogP contribution is -2.50. The van der Waals surface area contributed by atoms with Crippen LogP contribution in [-0.4, -0.2) is 50.0 Å². The minimum Gasteiger partial charge on any atom is -0.352 e. The Morgan fingerprint density at radius 3 is 2.14 bits per heavy atom. The Balaban J connectivity index is 2.20. The first-order chi connectivity index (χ1) is 16.4. The smallest absolute Gasteiger partial charge is 0.243 e. The molecule has 2 aromatic rings. The van der Waals surface area contributed by atoms with Crippen molar-refractivity contribution in [2.24, 2.45) is 0 Å². The van der Waals surface area contributed by atoms with E-state index >= 15 is 0 Å². The molecule has 0 radical (unpaired) electrons. The van der Waals surface area contributed by atoms with Crippen LogP contribution in [0.4, 0.5) is 5.69 Å². The van der Waals surface area contributed by atoms with Crippen LogP contribution in [0, 0.1) is 6.92 Å². The van der Waals surface area contributed by atoms with Crippen molar-refractivity contribution in [3.63, 3.8) is 0 Å². The standard InChI is InChI=1S/C26H36ClN3O4S/c1-6-24(26(32)28-19(2)3)29(18-21-11-13-22(27)14-12-21)25(31)8-7-17-30(35(5,33)34)23-15-9-20(4)10-16-23/h9-16,19,24H,6-8,17-18H2,1-5H3,(H,28,32)/t24-/m1/s1. The second-order valence-corrected chi connectivity index (χ2v) is 11.4. The molecule has 0 saturated heterocycles. The number of amides is 2. The van der Waals surface area contributed by atoms with Gasteiger partial charge in [-0.15, -0.1) is 0 Å². The van der Waals surface area contributed by atoms with Crippen LogP contribution in [0.5, 0.6) is 0 Å². The number of sulfonamides is 1. The van der Waals surface area contributed by atoms with Crippen LogP contribution in [0.2, 0.25) is 5.02 Å². The molecule has 0 aliphatic carbocycles. The SMILES string of the molecule is CC[C@H](C(=O)NC(C)C)N(Cc1ccc(Cl)cc1)C(=O)CCCN(c1ccc(C)cc1)S(C)(=O)=O. The number of carbonyl (C=O) groups is 2. The Hall–Kier alpha value is -2.58. The molecular formula is C26H36ClN3O4S. The number of benzene rings is 2. The van der Waals surface area contributed by atoms with Crippen LogP contribution in [0.3, 0.4) is 0 Å². The fraction of sp³-hybridized carbons (Fsp3) is 0.462. The van der Waals surface area contributed by atoms with Gasteiger partial charge in [-0.1, -0.05) is 48.4 Å². The molecule has 2 aromatic carbocycles. The van der Waals surface area contributed by atoms with E-state index in [0.717, 1.165) is 17.4 Å². The van der Waals surface area contributed by atoms with E-state index in [4.69, 9.17) is 11.6 Å². The molecule has 0 aromatic heterocycles. The lowest BCUT2D eigenvalue weighted by Gasteiger charge is -2.31. The summed E-state index contributed by atoms with van der Waals surface area (Å²) in [6.45, 7) is 7.98. The van der Waals surface area contributed by atoms with Crippen molar-refractivity contribution in [1.82, 2.24) is 10.2 Å². The molecule has 0 aliphatic heterocycles. The molecule has 2 rings (SSSR count). The van der Waals surface area contributed by atoms with Crippen LogP contribution < -0.4 is 9.62 Å². The van der Waals surface area contributed by atoms with E-state index in [2.05, 4.69) is 5.32 Å². The number of nitrogens with one attached hydrogen (secondary N) is 1. The summed E-state index contributed by atoms with van der Waals surface area (Å²) in [5, 5.41) is 3.49. The van der Waals surface area contributed by atoms with Crippen LogP contribution >= 0.6 is 11.6 Å². The number of aryl methyl sites for hydroxylation is 1. The van der Waals surface area contributed by atoms with Crippen molar-refractivity contribution in [2.75, 3.05) is 17.1 Å². The number of carbonyl (C=O) groups excluding carboxylic acids is 2. The lowest BCUT2D eigenvalue weighted by atomic mass is 10.1. The van der Waals surface area contributed by atoms with E-state index in [0.29, 0.717) is 23.6 Å². The van der Waals surface area contributed by atoms with Gasteiger partial charge in [0.1, 0.15) is 6.04 Å². The quantitative estimate of drug-likeness (QED) is 0.444. The third-order valence-corrected chi connectivity index (χ3v) is 7.00. The summed E-state index contributed by atoms with van der Waals surface area (Å²) in [4.78, 5) is 27.8. The molecule has 192 valence electrons. The average Bonchev–Trinajstić information content (AvgIpc) is 2.77. The maximum Gasteiger partial charge on any atom is 0.243 e. The van der Waals surface area contributed by atoms with Gasteiger partial charge in [-0.2, -0.15) is 0 Å². The second kappa shape index (κ2) is 12.9. The van der Waals surface area contributed by atoms with E-state index in [-0.39, 0.29) is 37.4 Å². The molecule has 0 saturated carbocycles. The van der Waals surface area contributed by atoms with E-state index in [1.165, 1.54) is 4.31 Å². The fourth-order valence-electron chi connectivity index (χ4n) is 3.80. The second-order valence-electron chi connectivity index (χ2n) is 9.01.